The van der Waals surface area contributed by atoms with Gasteiger partial charge in [-0.1, -0.05) is 18.2 Å². The minimum absolute atomic E-state index is 0.169. The van der Waals surface area contributed by atoms with Crippen molar-refractivity contribution in [3.05, 3.63) is 41.4 Å². The molecule has 0 saturated heterocycles. The number of carboxylic acid groups (broad SMARTS) is 1. The Bertz CT molecular complexity index is 462. The number of para-hydroxylation sites is 1. The molecule has 0 saturated carbocycles. The van der Waals surface area contributed by atoms with Crippen molar-refractivity contribution < 1.29 is 14.7 Å². The number of carbonyl (C=O) groups excluding carboxylic acids is 1. The molecule has 1 aromatic rings. The maximum atomic E-state index is 11.9. The predicted molar refractivity (Wildman–Crippen MR) is 72.6 cm³/mol. The van der Waals surface area contributed by atoms with Gasteiger partial charge in [0, 0.05) is 11.0 Å². The first-order valence-electron chi connectivity index (χ1n) is 5.17. The molecule has 18 heavy (non-hydrogen) atoms. The monoisotopic (exact) mass is 312 g/mol. The predicted octanol–water partition coefficient (Wildman–Crippen LogP) is 2.55. The molecule has 0 radical (unpaired) electrons. The van der Waals surface area contributed by atoms with Gasteiger partial charge in [0.1, 0.15) is 6.54 Å². The highest BCUT2D eigenvalue weighted by molar-refractivity contribution is 9.10. The molecule has 96 valence electrons. The molecular weight excluding hydrogens is 300 g/mol. The van der Waals surface area contributed by atoms with Crippen LogP contribution in [0.1, 0.15) is 0 Å². The van der Waals surface area contributed by atoms with Crippen LogP contribution in [-0.2, 0) is 4.79 Å². The number of hydrogen-bond acceptors (Lipinski definition) is 2. The molecule has 0 aliphatic heterocycles. The number of nitrogens with one attached hydrogen (secondary N) is 1. The third-order valence-corrected chi connectivity index (χ3v) is 2.77. The van der Waals surface area contributed by atoms with Crippen molar-refractivity contribution in [1.29, 1.82) is 0 Å². The lowest BCUT2D eigenvalue weighted by Crippen LogP contribution is -2.38. The number of carboxylic acids is 1. The molecule has 0 aliphatic rings. The van der Waals surface area contributed by atoms with E-state index in [4.69, 9.17) is 5.11 Å². The number of amides is 2. The zero-order valence-electron chi connectivity index (χ0n) is 9.60. The summed E-state index contributed by atoms with van der Waals surface area (Å²) in [6.07, 6.45) is 1.47. The van der Waals surface area contributed by atoms with Crippen LogP contribution in [0, 0.1) is 0 Å². The van der Waals surface area contributed by atoms with Crippen LogP contribution < -0.4 is 5.32 Å². The number of urea groups is 1. The number of hydrogen-bond donors (Lipinski definition) is 2. The van der Waals surface area contributed by atoms with Crippen LogP contribution in [0.4, 0.5) is 10.5 Å². The van der Waals surface area contributed by atoms with Gasteiger partial charge in [-0.2, -0.15) is 0 Å². The highest BCUT2D eigenvalue weighted by Gasteiger charge is 2.16. The Morgan fingerprint density at radius 2 is 2.11 bits per heavy atom. The standard InChI is InChI=1S/C12H13BrN2O3/c1-2-7-15(8-11(16)17)12(18)14-10-6-4-3-5-9(10)13/h2-6H,1,7-8H2,(H,14,18)(H,16,17). The van der Waals surface area contributed by atoms with Gasteiger partial charge < -0.3 is 15.3 Å². The summed E-state index contributed by atoms with van der Waals surface area (Å²) in [4.78, 5) is 23.7. The molecule has 0 unspecified atom stereocenters. The lowest BCUT2D eigenvalue weighted by atomic mass is 10.3. The van der Waals surface area contributed by atoms with Crippen molar-refractivity contribution in [3.63, 3.8) is 0 Å². The number of nitrogens with zero attached hydrogens (tertiary/aromatic N) is 1. The van der Waals surface area contributed by atoms with Gasteiger partial charge >= 0.3 is 12.0 Å². The van der Waals surface area contributed by atoms with E-state index in [1.165, 1.54) is 6.08 Å². The van der Waals surface area contributed by atoms with E-state index in [1.54, 1.807) is 18.2 Å². The fraction of sp³-hybridized carbons (Fsp3) is 0.167. The largest absolute Gasteiger partial charge is 0.480 e. The van der Waals surface area contributed by atoms with Crippen LogP contribution in [0.25, 0.3) is 0 Å². The number of carbonyl (C=O) groups is 2. The normalized spacial score (nSPS) is 9.61. The Morgan fingerprint density at radius 3 is 2.67 bits per heavy atom. The molecule has 6 heteroatoms. The van der Waals surface area contributed by atoms with Gasteiger partial charge in [0.2, 0.25) is 0 Å². The first kappa shape index (κ1) is 14.2. The summed E-state index contributed by atoms with van der Waals surface area (Å²) >= 11 is 3.29. The Balaban J connectivity index is 2.75. The van der Waals surface area contributed by atoms with Gasteiger partial charge in [0.05, 0.1) is 5.69 Å². The Kier molecular flexibility index (Phi) is 5.38. The summed E-state index contributed by atoms with van der Waals surface area (Å²) < 4.78 is 0.729. The van der Waals surface area contributed by atoms with Gasteiger partial charge in [-0.15, -0.1) is 6.58 Å². The first-order chi connectivity index (χ1) is 8.54. The topological polar surface area (TPSA) is 69.6 Å². The van der Waals surface area contributed by atoms with Crippen molar-refractivity contribution in [2.45, 2.75) is 0 Å². The smallest absolute Gasteiger partial charge is 0.323 e. The van der Waals surface area contributed by atoms with Gasteiger partial charge in [0.25, 0.3) is 0 Å². The average molecular weight is 313 g/mol. The van der Waals surface area contributed by atoms with Crippen LogP contribution in [-0.4, -0.2) is 35.1 Å². The number of halogens is 1. The number of aliphatic carboxylic acids is 1. The molecule has 0 aliphatic carbocycles. The van der Waals surface area contributed by atoms with E-state index in [9.17, 15) is 9.59 Å². The van der Waals surface area contributed by atoms with Crippen LogP contribution in [0.5, 0.6) is 0 Å². The second-order valence-electron chi connectivity index (χ2n) is 3.47. The molecule has 0 fully saturated rings. The van der Waals surface area contributed by atoms with E-state index in [-0.39, 0.29) is 13.1 Å². The number of rotatable bonds is 5. The summed E-state index contributed by atoms with van der Waals surface area (Å²) in [5.74, 6) is -1.07. The molecule has 0 atom stereocenters. The fourth-order valence-electron chi connectivity index (χ4n) is 1.30. The molecule has 2 amide bonds. The van der Waals surface area contributed by atoms with Crippen LogP contribution in [0.2, 0.25) is 0 Å². The lowest BCUT2D eigenvalue weighted by molar-refractivity contribution is -0.137. The van der Waals surface area contributed by atoms with Gasteiger partial charge in [-0.3, -0.25) is 4.79 Å². The first-order valence-corrected chi connectivity index (χ1v) is 5.97. The molecule has 0 bridgehead atoms. The summed E-state index contributed by atoms with van der Waals surface area (Å²) in [5.41, 5.74) is 0.585. The third kappa shape index (κ3) is 4.21. The van der Waals surface area contributed by atoms with Crippen LogP contribution in [0.15, 0.2) is 41.4 Å². The summed E-state index contributed by atoms with van der Waals surface area (Å²) in [6.45, 7) is 3.29. The third-order valence-electron chi connectivity index (χ3n) is 2.08. The maximum Gasteiger partial charge on any atom is 0.323 e. The molecule has 2 N–H and O–H groups in total. The van der Waals surface area contributed by atoms with Crippen LogP contribution in [0.3, 0.4) is 0 Å². The minimum Gasteiger partial charge on any atom is -0.480 e. The Hall–Kier alpha value is -1.82. The van der Waals surface area contributed by atoms with E-state index in [0.717, 1.165) is 9.37 Å². The van der Waals surface area contributed by atoms with Gasteiger partial charge in [0.15, 0.2) is 0 Å². The average Bonchev–Trinajstić information content (AvgIpc) is 2.31. The van der Waals surface area contributed by atoms with Gasteiger partial charge in [-0.25, -0.2) is 4.79 Å². The highest BCUT2D eigenvalue weighted by atomic mass is 79.9. The Labute approximate surface area is 113 Å². The van der Waals surface area contributed by atoms with E-state index in [2.05, 4.69) is 27.8 Å². The van der Waals surface area contributed by atoms with E-state index >= 15 is 0 Å². The second-order valence-corrected chi connectivity index (χ2v) is 4.33. The quantitative estimate of drug-likeness (QED) is 0.821. The molecule has 0 spiro atoms. The molecule has 1 aromatic carbocycles. The highest BCUT2D eigenvalue weighted by Crippen LogP contribution is 2.21. The van der Waals surface area contributed by atoms with Crippen molar-refractivity contribution in [2.24, 2.45) is 0 Å². The van der Waals surface area contributed by atoms with E-state index in [1.807, 2.05) is 6.07 Å². The zero-order valence-corrected chi connectivity index (χ0v) is 11.2. The molecule has 1 rings (SSSR count). The number of benzene rings is 1. The van der Waals surface area contributed by atoms with Crippen molar-refractivity contribution in [1.82, 2.24) is 4.90 Å². The van der Waals surface area contributed by atoms with Crippen molar-refractivity contribution >= 4 is 33.6 Å². The van der Waals surface area contributed by atoms with Gasteiger partial charge in [-0.05, 0) is 28.1 Å². The molecular formula is C12H13BrN2O3. The summed E-state index contributed by atoms with van der Waals surface area (Å²) in [5, 5.41) is 11.3. The summed E-state index contributed by atoms with van der Waals surface area (Å²) in [7, 11) is 0. The molecule has 5 nitrogen and oxygen atoms in total. The van der Waals surface area contributed by atoms with E-state index in [0.29, 0.717) is 5.69 Å². The van der Waals surface area contributed by atoms with Crippen LogP contribution >= 0.6 is 15.9 Å². The lowest BCUT2D eigenvalue weighted by Gasteiger charge is -2.19. The zero-order chi connectivity index (χ0) is 13.5. The SMILES string of the molecule is C=CCN(CC(=O)O)C(=O)Nc1ccccc1Br. The van der Waals surface area contributed by atoms with E-state index < -0.39 is 12.0 Å². The second kappa shape index (κ2) is 6.80. The summed E-state index contributed by atoms with van der Waals surface area (Å²) in [6, 6.07) is 6.61. The van der Waals surface area contributed by atoms with Crippen molar-refractivity contribution in [2.75, 3.05) is 18.4 Å². The number of anilines is 1. The Morgan fingerprint density at radius 1 is 1.44 bits per heavy atom. The maximum absolute atomic E-state index is 11.9. The van der Waals surface area contributed by atoms with Crippen molar-refractivity contribution in [3.8, 4) is 0 Å². The fourth-order valence-corrected chi connectivity index (χ4v) is 1.68. The molecule has 0 aromatic heterocycles. The molecule has 0 heterocycles. The minimum atomic E-state index is -1.07.